The maximum Gasteiger partial charge on any atom is 0.00242 e. The molecule has 1 aliphatic heterocycles. The van der Waals surface area contributed by atoms with Gasteiger partial charge in [-0.05, 0) is 41.4 Å². The van der Waals surface area contributed by atoms with Gasteiger partial charge < -0.3 is 11.1 Å². The highest BCUT2D eigenvalue weighted by Gasteiger charge is 2.26. The highest BCUT2D eigenvalue weighted by Crippen LogP contribution is 2.28. The van der Waals surface area contributed by atoms with Crippen LogP contribution in [0.1, 0.15) is 11.5 Å². The van der Waals surface area contributed by atoms with Gasteiger partial charge in [-0.1, -0.05) is 0 Å². The number of nitrogens with two attached hydrogens (primary N) is 1. The average Bonchev–Trinajstić information content (AvgIpc) is 2.74. The van der Waals surface area contributed by atoms with E-state index in [0.717, 1.165) is 19.6 Å². The summed E-state index contributed by atoms with van der Waals surface area (Å²) in [7, 11) is 0. The van der Waals surface area contributed by atoms with Crippen LogP contribution in [0.15, 0.2) is 16.8 Å². The molecule has 0 aliphatic carbocycles. The molecule has 1 aliphatic rings. The van der Waals surface area contributed by atoms with E-state index >= 15 is 0 Å². The van der Waals surface area contributed by atoms with Gasteiger partial charge in [0.1, 0.15) is 0 Å². The summed E-state index contributed by atoms with van der Waals surface area (Å²) in [6.45, 7) is 2.98. The van der Waals surface area contributed by atoms with Gasteiger partial charge in [0.05, 0.1) is 0 Å². The molecule has 0 bridgehead atoms. The lowest BCUT2D eigenvalue weighted by Gasteiger charge is -2.14. The van der Waals surface area contributed by atoms with Gasteiger partial charge in [0.15, 0.2) is 0 Å². The molecule has 82 valence electrons. The van der Waals surface area contributed by atoms with Gasteiger partial charge in [-0.25, -0.2) is 0 Å². The van der Waals surface area contributed by atoms with Crippen molar-refractivity contribution in [3.8, 4) is 0 Å². The summed E-state index contributed by atoms with van der Waals surface area (Å²) in [5.74, 6) is 1.29. The fraction of sp³-hybridized carbons (Fsp3) is 0.556. The van der Waals surface area contributed by atoms with Crippen LogP contribution in [0.5, 0.6) is 0 Å². The van der Waals surface area contributed by atoms with E-state index in [1.807, 2.05) is 0 Å². The lowest BCUT2D eigenvalue weighted by atomic mass is 9.91. The van der Waals surface area contributed by atoms with E-state index in [1.54, 1.807) is 11.3 Å². The summed E-state index contributed by atoms with van der Waals surface area (Å²) in [6, 6.07) is 2.21. The van der Waals surface area contributed by atoms with Gasteiger partial charge in [0.2, 0.25) is 0 Å². The second kappa shape index (κ2) is 6.64. The van der Waals surface area contributed by atoms with Crippen molar-refractivity contribution in [3.05, 3.63) is 22.4 Å². The van der Waals surface area contributed by atoms with E-state index in [2.05, 4.69) is 22.1 Å². The molecule has 2 unspecified atom stereocenters. The average molecular weight is 255 g/mol. The second-order valence-corrected chi connectivity index (χ2v) is 4.10. The Labute approximate surface area is 101 Å². The molecule has 2 rings (SSSR count). The molecule has 2 heterocycles. The highest BCUT2D eigenvalue weighted by atomic mass is 35.5. The molecule has 1 aromatic heterocycles. The fourth-order valence-electron chi connectivity index (χ4n) is 1.86. The maximum absolute atomic E-state index is 5.69. The van der Waals surface area contributed by atoms with Crippen molar-refractivity contribution in [1.82, 2.24) is 5.32 Å². The molecule has 1 aromatic rings. The fourth-order valence-corrected chi connectivity index (χ4v) is 2.58. The molecule has 0 spiro atoms. The lowest BCUT2D eigenvalue weighted by molar-refractivity contribution is 0.532. The highest BCUT2D eigenvalue weighted by molar-refractivity contribution is 7.07. The molecular weight excluding hydrogens is 239 g/mol. The summed E-state index contributed by atoms with van der Waals surface area (Å²) in [6.07, 6.45) is 0. The summed E-state index contributed by atoms with van der Waals surface area (Å²) < 4.78 is 0. The number of halogens is 2. The van der Waals surface area contributed by atoms with Gasteiger partial charge in [-0.15, -0.1) is 24.8 Å². The molecule has 2 nitrogen and oxygen atoms in total. The molecule has 3 N–H and O–H groups in total. The molecule has 1 fully saturated rings. The van der Waals surface area contributed by atoms with Crippen LogP contribution in [0.25, 0.3) is 0 Å². The Morgan fingerprint density at radius 3 is 2.79 bits per heavy atom. The first-order valence-electron chi connectivity index (χ1n) is 4.34. The summed E-state index contributed by atoms with van der Waals surface area (Å²) in [5.41, 5.74) is 7.15. The zero-order valence-corrected chi connectivity index (χ0v) is 10.3. The first-order valence-corrected chi connectivity index (χ1v) is 5.29. The van der Waals surface area contributed by atoms with Crippen LogP contribution in [-0.4, -0.2) is 19.6 Å². The zero-order chi connectivity index (χ0) is 8.39. The molecule has 0 aromatic carbocycles. The van der Waals surface area contributed by atoms with Crippen LogP contribution < -0.4 is 11.1 Å². The topological polar surface area (TPSA) is 38.0 Å². The van der Waals surface area contributed by atoms with Crippen molar-refractivity contribution in [1.29, 1.82) is 0 Å². The number of rotatable bonds is 2. The number of nitrogens with one attached hydrogen (secondary N) is 1. The van der Waals surface area contributed by atoms with Crippen LogP contribution in [0.3, 0.4) is 0 Å². The van der Waals surface area contributed by atoms with Crippen molar-refractivity contribution in [2.75, 3.05) is 19.6 Å². The number of hydrogen-bond donors (Lipinski definition) is 2. The molecular formula is C9H16Cl2N2S. The maximum atomic E-state index is 5.69. The van der Waals surface area contributed by atoms with E-state index in [1.165, 1.54) is 5.56 Å². The van der Waals surface area contributed by atoms with Crippen LogP contribution in [-0.2, 0) is 0 Å². The van der Waals surface area contributed by atoms with E-state index in [4.69, 9.17) is 5.73 Å². The van der Waals surface area contributed by atoms with Gasteiger partial charge in [-0.2, -0.15) is 11.3 Å². The van der Waals surface area contributed by atoms with Gasteiger partial charge >= 0.3 is 0 Å². The normalized spacial score (nSPS) is 25.2. The van der Waals surface area contributed by atoms with Gasteiger partial charge in [0.25, 0.3) is 0 Å². The number of thiophene rings is 1. The van der Waals surface area contributed by atoms with Crippen molar-refractivity contribution < 1.29 is 0 Å². The standard InChI is InChI=1S/C9H14N2S.2ClH/c10-3-8-4-11-5-9(8)7-1-2-12-6-7;;/h1-2,6,8-9,11H,3-5,10H2;2*1H. The van der Waals surface area contributed by atoms with E-state index < -0.39 is 0 Å². The minimum Gasteiger partial charge on any atom is -0.330 e. The molecule has 0 radical (unpaired) electrons. The largest absolute Gasteiger partial charge is 0.330 e. The van der Waals surface area contributed by atoms with Crippen molar-refractivity contribution in [2.24, 2.45) is 11.7 Å². The molecule has 2 atom stereocenters. The van der Waals surface area contributed by atoms with E-state index in [9.17, 15) is 0 Å². The first-order chi connectivity index (χ1) is 5.92. The SMILES string of the molecule is Cl.Cl.NCC1CNCC1c1ccsc1. The van der Waals surface area contributed by atoms with E-state index in [0.29, 0.717) is 11.8 Å². The molecule has 14 heavy (non-hydrogen) atoms. The van der Waals surface area contributed by atoms with Crippen molar-refractivity contribution in [3.63, 3.8) is 0 Å². The van der Waals surface area contributed by atoms with Crippen molar-refractivity contribution in [2.45, 2.75) is 5.92 Å². The van der Waals surface area contributed by atoms with Crippen LogP contribution >= 0.6 is 36.2 Å². The smallest absolute Gasteiger partial charge is 0.00242 e. The third kappa shape index (κ3) is 2.84. The minimum absolute atomic E-state index is 0. The van der Waals surface area contributed by atoms with Crippen molar-refractivity contribution >= 4 is 36.2 Å². The third-order valence-electron chi connectivity index (χ3n) is 2.61. The van der Waals surface area contributed by atoms with Crippen LogP contribution in [0.2, 0.25) is 0 Å². The van der Waals surface area contributed by atoms with Crippen LogP contribution in [0.4, 0.5) is 0 Å². The zero-order valence-electron chi connectivity index (χ0n) is 7.81. The van der Waals surface area contributed by atoms with Crippen LogP contribution in [0, 0.1) is 5.92 Å². The van der Waals surface area contributed by atoms with Gasteiger partial charge in [0, 0.05) is 12.5 Å². The quantitative estimate of drug-likeness (QED) is 0.846. The number of hydrogen-bond acceptors (Lipinski definition) is 3. The molecule has 0 saturated carbocycles. The first kappa shape index (κ1) is 14.2. The third-order valence-corrected chi connectivity index (χ3v) is 3.32. The molecule has 1 saturated heterocycles. The lowest BCUT2D eigenvalue weighted by Crippen LogP contribution is -2.20. The Hall–Kier alpha value is 0.200. The van der Waals surface area contributed by atoms with Gasteiger partial charge in [-0.3, -0.25) is 0 Å². The molecule has 5 heteroatoms. The Bertz CT molecular complexity index is 241. The monoisotopic (exact) mass is 254 g/mol. The Morgan fingerprint density at radius 1 is 1.43 bits per heavy atom. The summed E-state index contributed by atoms with van der Waals surface area (Å²) in [4.78, 5) is 0. The molecule has 0 amide bonds. The summed E-state index contributed by atoms with van der Waals surface area (Å²) in [5, 5.41) is 7.76. The predicted molar refractivity (Wildman–Crippen MR) is 67.0 cm³/mol. The Morgan fingerprint density at radius 2 is 2.21 bits per heavy atom. The van der Waals surface area contributed by atoms with E-state index in [-0.39, 0.29) is 24.8 Å². The Balaban J connectivity index is 0.000000845. The summed E-state index contributed by atoms with van der Waals surface area (Å²) >= 11 is 1.77. The second-order valence-electron chi connectivity index (χ2n) is 3.32. The predicted octanol–water partition coefficient (Wildman–Crippen LogP) is 1.85. The Kier molecular flexibility index (Phi) is 6.74. The minimum atomic E-state index is 0.